The van der Waals surface area contributed by atoms with Gasteiger partial charge in [0.15, 0.2) is 0 Å². The van der Waals surface area contributed by atoms with Crippen molar-refractivity contribution in [2.45, 2.75) is 51.0 Å². The Kier molecular flexibility index (Phi) is 3.79. The molecule has 1 aromatic heterocycles. The van der Waals surface area contributed by atoms with Crippen molar-refractivity contribution in [3.8, 4) is 0 Å². The number of primary amides is 1. The Bertz CT molecular complexity index is 808. The van der Waals surface area contributed by atoms with Crippen LogP contribution in [0.1, 0.15) is 42.4 Å². The van der Waals surface area contributed by atoms with Crippen LogP contribution in [0.15, 0.2) is 22.8 Å². The summed E-state index contributed by atoms with van der Waals surface area (Å²) in [4.78, 5) is 26.0. The maximum Gasteiger partial charge on any atom is 0.240 e. The van der Waals surface area contributed by atoms with Crippen LogP contribution in [0.2, 0.25) is 0 Å². The van der Waals surface area contributed by atoms with E-state index in [1.807, 2.05) is 0 Å². The number of carbonyl (C=O) groups excluding carboxylic acids is 2. The molecule has 1 aromatic carbocycles. The summed E-state index contributed by atoms with van der Waals surface area (Å²) < 4.78 is 5.67. The van der Waals surface area contributed by atoms with Gasteiger partial charge < -0.3 is 15.1 Å². The number of amides is 2. The Balaban J connectivity index is 1.59. The quantitative estimate of drug-likeness (QED) is 0.940. The molecule has 4 rings (SSSR count). The topological polar surface area (TPSA) is 76.5 Å². The first-order valence-corrected chi connectivity index (χ1v) is 8.74. The largest absolute Gasteiger partial charge is 0.464 e. The lowest BCUT2D eigenvalue weighted by Gasteiger charge is -2.33. The van der Waals surface area contributed by atoms with Crippen molar-refractivity contribution in [1.82, 2.24) is 4.90 Å². The molecule has 24 heavy (non-hydrogen) atoms. The maximum absolute atomic E-state index is 12.7. The van der Waals surface area contributed by atoms with Crippen molar-refractivity contribution in [2.24, 2.45) is 5.73 Å². The predicted octanol–water partition coefficient (Wildman–Crippen LogP) is 2.33. The summed E-state index contributed by atoms with van der Waals surface area (Å²) in [5, 5.41) is 1.02. The summed E-state index contributed by atoms with van der Waals surface area (Å²) in [6.45, 7) is 0.609. The van der Waals surface area contributed by atoms with Gasteiger partial charge in [0.25, 0.3) is 0 Å². The SMILES string of the molecule is NC(=O)C1CCCCN1C(=O)Cc1coc2cc3c(cc12)CCC3. The summed E-state index contributed by atoms with van der Waals surface area (Å²) in [5.74, 6) is -0.445. The van der Waals surface area contributed by atoms with E-state index < -0.39 is 11.9 Å². The highest BCUT2D eigenvalue weighted by Gasteiger charge is 2.31. The first-order valence-electron chi connectivity index (χ1n) is 8.74. The van der Waals surface area contributed by atoms with Crippen LogP contribution in [0, 0.1) is 0 Å². The van der Waals surface area contributed by atoms with E-state index in [0.717, 1.165) is 42.2 Å². The van der Waals surface area contributed by atoms with E-state index in [1.54, 1.807) is 11.2 Å². The minimum Gasteiger partial charge on any atom is -0.464 e. The lowest BCUT2D eigenvalue weighted by Crippen LogP contribution is -2.50. The first kappa shape index (κ1) is 15.2. The van der Waals surface area contributed by atoms with E-state index in [-0.39, 0.29) is 12.3 Å². The molecular formula is C19H22N2O3. The van der Waals surface area contributed by atoms with Crippen LogP contribution < -0.4 is 5.73 Å². The van der Waals surface area contributed by atoms with Gasteiger partial charge in [0, 0.05) is 17.5 Å². The van der Waals surface area contributed by atoms with E-state index in [1.165, 1.54) is 17.5 Å². The molecule has 5 nitrogen and oxygen atoms in total. The Morgan fingerprint density at radius 3 is 2.75 bits per heavy atom. The molecule has 2 N–H and O–H groups in total. The Labute approximate surface area is 140 Å². The number of hydrogen-bond donors (Lipinski definition) is 1. The van der Waals surface area contributed by atoms with Crippen molar-refractivity contribution >= 4 is 22.8 Å². The van der Waals surface area contributed by atoms with Gasteiger partial charge >= 0.3 is 0 Å². The molecule has 0 saturated carbocycles. The van der Waals surface area contributed by atoms with Gasteiger partial charge in [0.1, 0.15) is 11.6 Å². The molecule has 0 radical (unpaired) electrons. The van der Waals surface area contributed by atoms with Gasteiger partial charge in [-0.1, -0.05) is 0 Å². The fourth-order valence-corrected chi connectivity index (χ4v) is 4.08. The molecule has 2 aliphatic rings. The van der Waals surface area contributed by atoms with Crippen LogP contribution in [0.4, 0.5) is 0 Å². The Morgan fingerprint density at radius 1 is 1.17 bits per heavy atom. The zero-order valence-electron chi connectivity index (χ0n) is 13.7. The average Bonchev–Trinajstić information content (AvgIpc) is 3.19. The van der Waals surface area contributed by atoms with Crippen LogP contribution >= 0.6 is 0 Å². The second kappa shape index (κ2) is 5.96. The standard InChI is InChI=1S/C19H22N2O3/c20-19(23)16-6-1-2-7-21(16)18(22)10-14-11-24-17-9-13-5-3-4-12(13)8-15(14)17/h8-9,11,16H,1-7,10H2,(H2,20,23). The molecule has 5 heteroatoms. The third-order valence-electron chi connectivity index (χ3n) is 5.36. The fraction of sp³-hybridized carbons (Fsp3) is 0.474. The maximum atomic E-state index is 12.7. The van der Waals surface area contributed by atoms with Gasteiger partial charge in [0.05, 0.1) is 12.7 Å². The van der Waals surface area contributed by atoms with Gasteiger partial charge in [-0.25, -0.2) is 0 Å². The van der Waals surface area contributed by atoms with Crippen molar-refractivity contribution < 1.29 is 14.0 Å². The molecule has 2 aromatic rings. The summed E-state index contributed by atoms with van der Waals surface area (Å²) >= 11 is 0. The molecule has 1 fully saturated rings. The van der Waals surface area contributed by atoms with E-state index in [2.05, 4.69) is 12.1 Å². The van der Waals surface area contributed by atoms with E-state index in [4.69, 9.17) is 10.2 Å². The van der Waals surface area contributed by atoms with E-state index in [9.17, 15) is 9.59 Å². The highest BCUT2D eigenvalue weighted by atomic mass is 16.3. The number of likely N-dealkylation sites (tertiary alicyclic amines) is 1. The second-order valence-electron chi connectivity index (χ2n) is 6.91. The number of nitrogens with two attached hydrogens (primary N) is 1. The van der Waals surface area contributed by atoms with Crippen molar-refractivity contribution in [1.29, 1.82) is 0 Å². The number of rotatable bonds is 3. The molecule has 2 heterocycles. The molecule has 126 valence electrons. The molecule has 1 aliphatic carbocycles. The van der Waals surface area contributed by atoms with Crippen LogP contribution in [0.3, 0.4) is 0 Å². The number of fused-ring (bicyclic) bond motifs is 2. The van der Waals surface area contributed by atoms with E-state index >= 15 is 0 Å². The highest BCUT2D eigenvalue weighted by molar-refractivity contribution is 5.91. The molecule has 1 saturated heterocycles. The summed E-state index contributed by atoms with van der Waals surface area (Å²) in [6.07, 6.45) is 7.86. The molecule has 1 aliphatic heterocycles. The van der Waals surface area contributed by atoms with E-state index in [0.29, 0.717) is 13.0 Å². The number of nitrogens with zero attached hydrogens (tertiary/aromatic N) is 1. The second-order valence-corrected chi connectivity index (χ2v) is 6.91. The summed E-state index contributed by atoms with van der Waals surface area (Å²) in [7, 11) is 0. The summed E-state index contributed by atoms with van der Waals surface area (Å²) in [6, 6.07) is 3.82. The van der Waals surface area contributed by atoms with Crippen LogP contribution in [-0.2, 0) is 28.9 Å². The number of carbonyl (C=O) groups is 2. The zero-order chi connectivity index (χ0) is 16.7. The van der Waals surface area contributed by atoms with Crippen LogP contribution in [0.5, 0.6) is 0 Å². The summed E-state index contributed by atoms with van der Waals surface area (Å²) in [5.41, 5.74) is 9.95. The fourth-order valence-electron chi connectivity index (χ4n) is 4.08. The molecule has 1 atom stereocenters. The molecule has 2 amide bonds. The smallest absolute Gasteiger partial charge is 0.240 e. The van der Waals surface area contributed by atoms with Gasteiger partial charge in [-0.15, -0.1) is 0 Å². The molecule has 1 unspecified atom stereocenters. The van der Waals surface area contributed by atoms with Crippen molar-refractivity contribution in [3.63, 3.8) is 0 Å². The molecule has 0 bridgehead atoms. The van der Waals surface area contributed by atoms with Crippen LogP contribution in [-0.4, -0.2) is 29.3 Å². The number of furan rings is 1. The van der Waals surface area contributed by atoms with Crippen LogP contribution in [0.25, 0.3) is 11.0 Å². The number of benzene rings is 1. The highest BCUT2D eigenvalue weighted by Crippen LogP contribution is 2.31. The van der Waals surface area contributed by atoms with Gasteiger partial charge in [-0.3, -0.25) is 9.59 Å². The predicted molar refractivity (Wildman–Crippen MR) is 90.5 cm³/mol. The zero-order valence-corrected chi connectivity index (χ0v) is 13.7. The lowest BCUT2D eigenvalue weighted by molar-refractivity contribution is -0.140. The Hall–Kier alpha value is -2.30. The van der Waals surface area contributed by atoms with Gasteiger partial charge in [-0.05, 0) is 61.8 Å². The van der Waals surface area contributed by atoms with Gasteiger partial charge in [0.2, 0.25) is 11.8 Å². The van der Waals surface area contributed by atoms with Gasteiger partial charge in [-0.2, -0.15) is 0 Å². The Morgan fingerprint density at radius 2 is 1.96 bits per heavy atom. The molecular weight excluding hydrogens is 304 g/mol. The van der Waals surface area contributed by atoms with Crippen molar-refractivity contribution in [2.75, 3.05) is 6.54 Å². The number of aryl methyl sites for hydroxylation is 2. The third-order valence-corrected chi connectivity index (χ3v) is 5.36. The van der Waals surface area contributed by atoms with Crippen molar-refractivity contribution in [3.05, 3.63) is 35.1 Å². The normalized spacial score (nSPS) is 20.3. The first-order chi connectivity index (χ1) is 11.6. The lowest BCUT2D eigenvalue weighted by atomic mass is 9.99. The third kappa shape index (κ3) is 2.58. The minimum atomic E-state index is -0.464. The number of hydrogen-bond acceptors (Lipinski definition) is 3. The molecule has 0 spiro atoms. The minimum absolute atomic E-state index is 0.0401. The average molecular weight is 326 g/mol. The number of piperidine rings is 1. The monoisotopic (exact) mass is 326 g/mol.